The van der Waals surface area contributed by atoms with Crippen LogP contribution >= 0.6 is 0 Å². The van der Waals surface area contributed by atoms with Crippen LogP contribution in [0.25, 0.3) is 0 Å². The van der Waals surface area contributed by atoms with Gasteiger partial charge in [-0.2, -0.15) is 0 Å². The fourth-order valence-electron chi connectivity index (χ4n) is 1.28. The second-order valence-corrected chi connectivity index (χ2v) is 3.67. The predicted octanol–water partition coefficient (Wildman–Crippen LogP) is 2.23. The molecule has 0 bridgehead atoms. The van der Waals surface area contributed by atoms with E-state index in [1.165, 1.54) is 13.0 Å². The summed E-state index contributed by atoms with van der Waals surface area (Å²) in [5.74, 6) is 1.70. The summed E-state index contributed by atoms with van der Waals surface area (Å²) in [7, 11) is 4.29. The lowest BCUT2D eigenvalue weighted by Crippen LogP contribution is -2.24. The Morgan fingerprint density at radius 1 is 1.20 bits per heavy atom. The van der Waals surface area contributed by atoms with Crippen LogP contribution in [0.3, 0.4) is 0 Å². The van der Waals surface area contributed by atoms with Crippen molar-refractivity contribution in [2.24, 2.45) is 11.8 Å². The van der Waals surface area contributed by atoms with Crippen molar-refractivity contribution in [3.8, 4) is 0 Å². The molecule has 1 nitrogen and oxygen atoms in total. The summed E-state index contributed by atoms with van der Waals surface area (Å²) in [6, 6.07) is 0. The van der Waals surface area contributed by atoms with E-state index in [2.05, 4.69) is 39.8 Å². The van der Waals surface area contributed by atoms with Gasteiger partial charge in [-0.1, -0.05) is 27.2 Å². The van der Waals surface area contributed by atoms with Crippen LogP contribution in [0.2, 0.25) is 0 Å². The Labute approximate surface area is 65.4 Å². The first-order valence-electron chi connectivity index (χ1n) is 4.22. The molecule has 0 aromatic rings. The van der Waals surface area contributed by atoms with E-state index in [1.807, 2.05) is 0 Å². The van der Waals surface area contributed by atoms with E-state index in [1.54, 1.807) is 0 Å². The molecule has 0 radical (unpaired) electrons. The molecule has 0 aliphatic rings. The lowest BCUT2D eigenvalue weighted by atomic mass is 9.93. The van der Waals surface area contributed by atoms with E-state index in [9.17, 15) is 0 Å². The van der Waals surface area contributed by atoms with Gasteiger partial charge in [-0.05, 0) is 25.9 Å². The third-order valence-electron chi connectivity index (χ3n) is 2.07. The van der Waals surface area contributed by atoms with E-state index in [0.29, 0.717) is 0 Å². The zero-order valence-electron chi connectivity index (χ0n) is 8.02. The van der Waals surface area contributed by atoms with E-state index >= 15 is 0 Å². The number of hydrogen-bond donors (Lipinski definition) is 0. The Balaban J connectivity index is 3.60. The SMILES string of the molecule is CC[C@H](CN(C)C)C(C)C. The summed E-state index contributed by atoms with van der Waals surface area (Å²) < 4.78 is 0. The second-order valence-electron chi connectivity index (χ2n) is 3.67. The van der Waals surface area contributed by atoms with Crippen LogP contribution in [0.1, 0.15) is 27.2 Å². The Bertz CT molecular complexity index is 76.8. The largest absolute Gasteiger partial charge is 0.309 e. The van der Waals surface area contributed by atoms with Crippen LogP contribution in [0, 0.1) is 11.8 Å². The van der Waals surface area contributed by atoms with Crippen LogP contribution in [-0.2, 0) is 0 Å². The predicted molar refractivity (Wildman–Crippen MR) is 47.2 cm³/mol. The standard InChI is InChI=1S/C9H21N/c1-6-9(8(2)3)7-10(4)5/h8-9H,6-7H2,1-5H3/t9-/m1/s1. The molecule has 0 fully saturated rings. The summed E-state index contributed by atoms with van der Waals surface area (Å²) >= 11 is 0. The molecule has 62 valence electrons. The van der Waals surface area contributed by atoms with Gasteiger partial charge in [-0.25, -0.2) is 0 Å². The number of nitrogens with zero attached hydrogens (tertiary/aromatic N) is 1. The van der Waals surface area contributed by atoms with Gasteiger partial charge >= 0.3 is 0 Å². The maximum absolute atomic E-state index is 2.30. The van der Waals surface area contributed by atoms with Gasteiger partial charge in [-0.15, -0.1) is 0 Å². The normalized spacial score (nSPS) is 14.7. The summed E-state index contributed by atoms with van der Waals surface area (Å²) in [4.78, 5) is 2.27. The Hall–Kier alpha value is -0.0400. The van der Waals surface area contributed by atoms with Crippen LogP contribution in [0.5, 0.6) is 0 Å². The summed E-state index contributed by atoms with van der Waals surface area (Å²) in [6.07, 6.45) is 1.30. The molecule has 0 aromatic heterocycles. The molecule has 1 heteroatoms. The molecule has 0 aromatic carbocycles. The molecule has 0 aliphatic heterocycles. The van der Waals surface area contributed by atoms with Gasteiger partial charge in [-0.3, -0.25) is 0 Å². The zero-order chi connectivity index (χ0) is 8.15. The van der Waals surface area contributed by atoms with Crippen molar-refractivity contribution in [3.05, 3.63) is 0 Å². The van der Waals surface area contributed by atoms with Crippen molar-refractivity contribution in [1.29, 1.82) is 0 Å². The van der Waals surface area contributed by atoms with E-state index in [-0.39, 0.29) is 0 Å². The van der Waals surface area contributed by atoms with Gasteiger partial charge in [0.05, 0.1) is 0 Å². The number of rotatable bonds is 4. The lowest BCUT2D eigenvalue weighted by Gasteiger charge is -2.22. The molecule has 0 N–H and O–H groups in total. The average Bonchev–Trinajstić information content (AvgIpc) is 1.81. The third kappa shape index (κ3) is 3.89. The molecule has 0 amide bonds. The van der Waals surface area contributed by atoms with Gasteiger partial charge in [0.2, 0.25) is 0 Å². The maximum atomic E-state index is 2.30. The van der Waals surface area contributed by atoms with Crippen molar-refractivity contribution in [2.45, 2.75) is 27.2 Å². The molecule has 1 atom stereocenters. The first-order chi connectivity index (χ1) is 4.57. The summed E-state index contributed by atoms with van der Waals surface area (Å²) in [5.41, 5.74) is 0. The van der Waals surface area contributed by atoms with Gasteiger partial charge < -0.3 is 4.90 Å². The van der Waals surface area contributed by atoms with Gasteiger partial charge in [0.15, 0.2) is 0 Å². The fourth-order valence-corrected chi connectivity index (χ4v) is 1.28. The van der Waals surface area contributed by atoms with Crippen molar-refractivity contribution in [1.82, 2.24) is 4.90 Å². The smallest absolute Gasteiger partial charge is 0.000590 e. The minimum absolute atomic E-state index is 0.826. The monoisotopic (exact) mass is 143 g/mol. The lowest BCUT2D eigenvalue weighted by molar-refractivity contribution is 0.263. The van der Waals surface area contributed by atoms with Crippen molar-refractivity contribution < 1.29 is 0 Å². The highest BCUT2D eigenvalue weighted by molar-refractivity contribution is 4.63. The van der Waals surface area contributed by atoms with Gasteiger partial charge in [0, 0.05) is 6.54 Å². The van der Waals surface area contributed by atoms with E-state index in [0.717, 1.165) is 11.8 Å². The third-order valence-corrected chi connectivity index (χ3v) is 2.07. The van der Waals surface area contributed by atoms with Crippen LogP contribution < -0.4 is 0 Å². The molecular weight excluding hydrogens is 122 g/mol. The Kier molecular flexibility index (Phi) is 4.71. The number of hydrogen-bond acceptors (Lipinski definition) is 1. The molecule has 0 saturated carbocycles. The van der Waals surface area contributed by atoms with Crippen molar-refractivity contribution >= 4 is 0 Å². The Morgan fingerprint density at radius 3 is 1.80 bits per heavy atom. The topological polar surface area (TPSA) is 3.24 Å². The summed E-state index contributed by atoms with van der Waals surface area (Å²) in [5, 5.41) is 0. The molecular formula is C9H21N. The molecule has 0 heterocycles. The van der Waals surface area contributed by atoms with Crippen LogP contribution in [0.4, 0.5) is 0 Å². The highest BCUT2D eigenvalue weighted by atomic mass is 15.1. The van der Waals surface area contributed by atoms with E-state index in [4.69, 9.17) is 0 Å². The van der Waals surface area contributed by atoms with E-state index < -0.39 is 0 Å². The molecule has 10 heavy (non-hydrogen) atoms. The second kappa shape index (κ2) is 4.73. The summed E-state index contributed by atoms with van der Waals surface area (Å²) in [6.45, 7) is 8.11. The minimum Gasteiger partial charge on any atom is -0.309 e. The first-order valence-corrected chi connectivity index (χ1v) is 4.22. The van der Waals surface area contributed by atoms with Crippen molar-refractivity contribution in [3.63, 3.8) is 0 Å². The minimum atomic E-state index is 0.826. The van der Waals surface area contributed by atoms with Crippen molar-refractivity contribution in [2.75, 3.05) is 20.6 Å². The molecule has 0 saturated heterocycles. The molecule has 0 aliphatic carbocycles. The zero-order valence-corrected chi connectivity index (χ0v) is 8.02. The fraction of sp³-hybridized carbons (Fsp3) is 1.00. The molecule has 0 spiro atoms. The molecule has 0 unspecified atom stereocenters. The van der Waals surface area contributed by atoms with Crippen LogP contribution in [0.15, 0.2) is 0 Å². The first kappa shape index (κ1) is 9.96. The average molecular weight is 143 g/mol. The highest BCUT2D eigenvalue weighted by Gasteiger charge is 2.10. The van der Waals surface area contributed by atoms with Crippen LogP contribution in [-0.4, -0.2) is 25.5 Å². The van der Waals surface area contributed by atoms with Gasteiger partial charge in [0.25, 0.3) is 0 Å². The highest BCUT2D eigenvalue weighted by Crippen LogP contribution is 2.14. The molecule has 0 rings (SSSR count). The Morgan fingerprint density at radius 2 is 1.70 bits per heavy atom. The van der Waals surface area contributed by atoms with Gasteiger partial charge in [0.1, 0.15) is 0 Å². The quantitative estimate of drug-likeness (QED) is 0.583. The maximum Gasteiger partial charge on any atom is 0.000590 e.